The van der Waals surface area contributed by atoms with Gasteiger partial charge < -0.3 is 20.3 Å². The first-order chi connectivity index (χ1) is 11.4. The number of hydrogen-bond acceptors (Lipinski definition) is 3. The largest absolute Gasteiger partial charge is 0.374 e. The number of nitrogens with zero attached hydrogens (tertiary/aromatic N) is 1. The van der Waals surface area contributed by atoms with Gasteiger partial charge >= 0.3 is 6.03 Å². The molecule has 1 aromatic carbocycles. The molecule has 0 radical (unpaired) electrons. The van der Waals surface area contributed by atoms with E-state index in [1.165, 1.54) is 0 Å². The van der Waals surface area contributed by atoms with Gasteiger partial charge in [-0.1, -0.05) is 30.3 Å². The summed E-state index contributed by atoms with van der Waals surface area (Å²) in [6.45, 7) is 5.33. The quantitative estimate of drug-likeness (QED) is 0.835. The van der Waals surface area contributed by atoms with Gasteiger partial charge in [0.25, 0.3) is 0 Å². The molecule has 1 aliphatic rings. The Hall–Kier alpha value is -2.08. The normalized spacial score (nSPS) is 18.4. The van der Waals surface area contributed by atoms with E-state index in [1.54, 1.807) is 11.9 Å². The Morgan fingerprint density at radius 1 is 1.33 bits per heavy atom. The van der Waals surface area contributed by atoms with E-state index in [0.29, 0.717) is 32.6 Å². The number of carbonyl (C=O) groups excluding carboxylic acids is 2. The van der Waals surface area contributed by atoms with Crippen LogP contribution in [0.15, 0.2) is 30.3 Å². The van der Waals surface area contributed by atoms with Crippen LogP contribution in [0.1, 0.15) is 32.3 Å². The van der Waals surface area contributed by atoms with Gasteiger partial charge in [0.1, 0.15) is 0 Å². The number of hydrogen-bond donors (Lipinski definition) is 2. The molecule has 1 heterocycles. The molecule has 132 valence electrons. The molecule has 6 nitrogen and oxygen atoms in total. The molecule has 2 rings (SSSR count). The Bertz CT molecular complexity index is 560. The van der Waals surface area contributed by atoms with E-state index in [9.17, 15) is 9.59 Å². The minimum absolute atomic E-state index is 0.00580. The van der Waals surface area contributed by atoms with E-state index in [-0.39, 0.29) is 18.0 Å². The zero-order valence-corrected chi connectivity index (χ0v) is 14.7. The van der Waals surface area contributed by atoms with Crippen molar-refractivity contribution in [1.82, 2.24) is 15.5 Å². The van der Waals surface area contributed by atoms with Crippen molar-refractivity contribution >= 4 is 11.9 Å². The standard InChI is InChI=1S/C18H27N3O3/c1-18(2,13-24-12-14-7-5-4-6-8-14)20-17(23)19-15-9-10-16(22)21(3)11-15/h4-8,15H,9-13H2,1-3H3,(H2,19,20,23)/t15-/m1/s1. The van der Waals surface area contributed by atoms with Gasteiger partial charge in [-0.25, -0.2) is 4.79 Å². The summed E-state index contributed by atoms with van der Waals surface area (Å²) in [7, 11) is 1.76. The molecule has 1 aliphatic heterocycles. The molecule has 0 unspecified atom stereocenters. The zero-order chi connectivity index (χ0) is 17.6. The third kappa shape index (κ3) is 5.85. The van der Waals surface area contributed by atoms with Crippen LogP contribution in [0.5, 0.6) is 0 Å². The lowest BCUT2D eigenvalue weighted by molar-refractivity contribution is -0.132. The van der Waals surface area contributed by atoms with Crippen molar-refractivity contribution in [1.29, 1.82) is 0 Å². The smallest absolute Gasteiger partial charge is 0.315 e. The SMILES string of the molecule is CN1C[C@H](NC(=O)NC(C)(C)COCc2ccccc2)CCC1=O. The number of amides is 3. The van der Waals surface area contributed by atoms with E-state index in [2.05, 4.69) is 10.6 Å². The van der Waals surface area contributed by atoms with E-state index in [1.807, 2.05) is 44.2 Å². The number of ether oxygens (including phenoxy) is 1. The van der Waals surface area contributed by atoms with Crippen LogP contribution in [0.4, 0.5) is 4.79 Å². The summed E-state index contributed by atoms with van der Waals surface area (Å²) in [5.74, 6) is 0.128. The second kappa shape index (κ2) is 8.15. The van der Waals surface area contributed by atoms with Crippen LogP contribution in [0.3, 0.4) is 0 Å². The van der Waals surface area contributed by atoms with Crippen LogP contribution in [0.25, 0.3) is 0 Å². The molecule has 1 saturated heterocycles. The van der Waals surface area contributed by atoms with Crippen LogP contribution >= 0.6 is 0 Å². The van der Waals surface area contributed by atoms with Crippen LogP contribution in [-0.4, -0.2) is 48.6 Å². The lowest BCUT2D eigenvalue weighted by Crippen LogP contribution is -2.56. The monoisotopic (exact) mass is 333 g/mol. The van der Waals surface area contributed by atoms with Crippen molar-refractivity contribution in [3.05, 3.63) is 35.9 Å². The fraction of sp³-hybridized carbons (Fsp3) is 0.556. The third-order valence-electron chi connectivity index (χ3n) is 3.99. The highest BCUT2D eigenvalue weighted by Gasteiger charge is 2.26. The average Bonchev–Trinajstić information content (AvgIpc) is 2.51. The predicted octanol–water partition coefficient (Wildman–Crippen LogP) is 1.90. The second-order valence-electron chi connectivity index (χ2n) is 6.97. The molecule has 0 aliphatic carbocycles. The molecule has 0 spiro atoms. The number of likely N-dealkylation sites (tertiary alicyclic amines) is 1. The fourth-order valence-electron chi connectivity index (χ4n) is 2.69. The van der Waals surface area contributed by atoms with Gasteiger partial charge in [0, 0.05) is 26.1 Å². The molecule has 0 aromatic heterocycles. The van der Waals surface area contributed by atoms with E-state index < -0.39 is 5.54 Å². The summed E-state index contributed by atoms with van der Waals surface area (Å²) in [5, 5.41) is 5.87. The van der Waals surface area contributed by atoms with Crippen molar-refractivity contribution in [2.45, 2.75) is 44.9 Å². The maximum absolute atomic E-state index is 12.2. The maximum atomic E-state index is 12.2. The summed E-state index contributed by atoms with van der Waals surface area (Å²) in [5.41, 5.74) is 0.627. The molecular weight excluding hydrogens is 306 g/mol. The minimum Gasteiger partial charge on any atom is -0.374 e. The van der Waals surface area contributed by atoms with Crippen molar-refractivity contribution in [2.24, 2.45) is 0 Å². The molecule has 24 heavy (non-hydrogen) atoms. The van der Waals surface area contributed by atoms with Gasteiger partial charge in [0.05, 0.1) is 18.8 Å². The van der Waals surface area contributed by atoms with Gasteiger partial charge in [-0.05, 0) is 25.8 Å². The van der Waals surface area contributed by atoms with Crippen LogP contribution in [0.2, 0.25) is 0 Å². The molecular formula is C18H27N3O3. The Kier molecular flexibility index (Phi) is 6.20. The number of rotatable bonds is 6. The zero-order valence-electron chi connectivity index (χ0n) is 14.7. The van der Waals surface area contributed by atoms with Crippen LogP contribution < -0.4 is 10.6 Å². The summed E-state index contributed by atoms with van der Waals surface area (Å²) in [6.07, 6.45) is 1.16. The molecule has 1 aromatic rings. The molecule has 3 amide bonds. The topological polar surface area (TPSA) is 70.7 Å². The van der Waals surface area contributed by atoms with Crippen molar-refractivity contribution in [3.8, 4) is 0 Å². The lowest BCUT2D eigenvalue weighted by atomic mass is 10.1. The number of likely N-dealkylation sites (N-methyl/N-ethyl adjacent to an activating group) is 1. The Labute approximate surface area is 143 Å². The Morgan fingerprint density at radius 3 is 2.71 bits per heavy atom. The molecule has 2 N–H and O–H groups in total. The average molecular weight is 333 g/mol. The number of benzene rings is 1. The Balaban J connectivity index is 1.72. The van der Waals surface area contributed by atoms with Crippen molar-refractivity contribution in [2.75, 3.05) is 20.2 Å². The van der Waals surface area contributed by atoms with Gasteiger partial charge in [0.15, 0.2) is 0 Å². The fourth-order valence-corrected chi connectivity index (χ4v) is 2.69. The highest BCUT2D eigenvalue weighted by molar-refractivity contribution is 5.78. The first-order valence-corrected chi connectivity index (χ1v) is 8.30. The summed E-state index contributed by atoms with van der Waals surface area (Å²) in [6, 6.07) is 9.70. The third-order valence-corrected chi connectivity index (χ3v) is 3.99. The van der Waals surface area contributed by atoms with Gasteiger partial charge in [-0.3, -0.25) is 4.79 Å². The Morgan fingerprint density at radius 2 is 2.04 bits per heavy atom. The maximum Gasteiger partial charge on any atom is 0.315 e. The molecule has 0 bridgehead atoms. The van der Waals surface area contributed by atoms with E-state index in [4.69, 9.17) is 4.74 Å². The van der Waals surface area contributed by atoms with Crippen LogP contribution in [-0.2, 0) is 16.1 Å². The molecule has 0 saturated carbocycles. The first-order valence-electron chi connectivity index (χ1n) is 8.30. The minimum atomic E-state index is -0.477. The number of nitrogens with one attached hydrogen (secondary N) is 2. The predicted molar refractivity (Wildman–Crippen MR) is 92.5 cm³/mol. The number of carbonyl (C=O) groups is 2. The summed E-state index contributed by atoms with van der Waals surface area (Å²) in [4.78, 5) is 25.3. The highest BCUT2D eigenvalue weighted by Crippen LogP contribution is 2.10. The second-order valence-corrected chi connectivity index (χ2v) is 6.97. The molecule has 1 atom stereocenters. The van der Waals surface area contributed by atoms with Crippen molar-refractivity contribution < 1.29 is 14.3 Å². The van der Waals surface area contributed by atoms with E-state index >= 15 is 0 Å². The molecule has 6 heteroatoms. The summed E-state index contributed by atoms with van der Waals surface area (Å²) >= 11 is 0. The molecule has 1 fully saturated rings. The van der Waals surface area contributed by atoms with Gasteiger partial charge in [0.2, 0.25) is 5.91 Å². The number of urea groups is 1. The first kappa shape index (κ1) is 18.3. The summed E-state index contributed by atoms with van der Waals surface area (Å²) < 4.78 is 5.71. The number of piperidine rings is 1. The highest BCUT2D eigenvalue weighted by atomic mass is 16.5. The van der Waals surface area contributed by atoms with Gasteiger partial charge in [-0.2, -0.15) is 0 Å². The van der Waals surface area contributed by atoms with Gasteiger partial charge in [-0.15, -0.1) is 0 Å². The van der Waals surface area contributed by atoms with E-state index in [0.717, 1.165) is 5.56 Å². The van der Waals surface area contributed by atoms with Crippen molar-refractivity contribution in [3.63, 3.8) is 0 Å². The lowest BCUT2D eigenvalue weighted by Gasteiger charge is -2.32. The van der Waals surface area contributed by atoms with Crippen LogP contribution in [0, 0.1) is 0 Å².